The lowest BCUT2D eigenvalue weighted by Gasteiger charge is -2.13. The molecule has 1 atom stereocenters. The van der Waals surface area contributed by atoms with E-state index < -0.39 is 16.1 Å². The highest BCUT2D eigenvalue weighted by molar-refractivity contribution is 7.89. The van der Waals surface area contributed by atoms with E-state index in [-0.39, 0.29) is 21.5 Å². The van der Waals surface area contributed by atoms with Crippen molar-refractivity contribution < 1.29 is 13.5 Å². The third kappa shape index (κ3) is 3.09. The fraction of sp³-hybridized carbons (Fsp3) is 0.333. The second kappa shape index (κ2) is 5.33. The molecule has 1 aromatic carbocycles. The van der Waals surface area contributed by atoms with Crippen LogP contribution in [0.5, 0.6) is 0 Å². The van der Waals surface area contributed by atoms with Crippen LogP contribution in [0.1, 0.15) is 6.92 Å². The number of sulfonamides is 1. The molecule has 0 aliphatic heterocycles. The van der Waals surface area contributed by atoms with Crippen LogP contribution < -0.4 is 4.72 Å². The molecule has 0 aromatic heterocycles. The molecule has 0 bridgehead atoms. The molecular weight excluding hydrogens is 273 g/mol. The molecule has 0 heterocycles. The lowest BCUT2D eigenvalue weighted by molar-refractivity contribution is 0.265. The van der Waals surface area contributed by atoms with E-state index in [9.17, 15) is 8.42 Å². The predicted octanol–water partition coefficient (Wildman–Crippen LogP) is 1.65. The normalized spacial score (nSPS) is 13.8. The van der Waals surface area contributed by atoms with E-state index in [0.717, 1.165) is 0 Å². The van der Waals surface area contributed by atoms with Crippen molar-refractivity contribution >= 4 is 33.2 Å². The topological polar surface area (TPSA) is 66.4 Å². The highest BCUT2D eigenvalue weighted by atomic mass is 35.5. The molecule has 1 rings (SSSR count). The van der Waals surface area contributed by atoms with Gasteiger partial charge >= 0.3 is 0 Å². The lowest BCUT2D eigenvalue weighted by atomic mass is 10.4. The van der Waals surface area contributed by atoms with Crippen molar-refractivity contribution in [2.75, 3.05) is 6.61 Å². The summed E-state index contributed by atoms with van der Waals surface area (Å²) in [5, 5.41) is 8.88. The molecule has 7 heteroatoms. The van der Waals surface area contributed by atoms with Crippen LogP contribution in [0.15, 0.2) is 23.1 Å². The molecule has 90 valence electrons. The first-order valence-electron chi connectivity index (χ1n) is 4.45. The molecule has 0 aliphatic rings. The van der Waals surface area contributed by atoms with E-state index in [0.29, 0.717) is 0 Å². The highest BCUT2D eigenvalue weighted by Crippen LogP contribution is 2.28. The Balaban J connectivity index is 3.17. The number of benzene rings is 1. The fourth-order valence-electron chi connectivity index (χ4n) is 1.10. The summed E-state index contributed by atoms with van der Waals surface area (Å²) < 4.78 is 26.0. The standard InChI is InChI=1S/C9H11Cl2NO3S/c1-6(5-13)12-16(14,15)9-7(10)3-2-4-8(9)11/h2-4,6,12-13H,5H2,1H3/t6-/m1/s1. The van der Waals surface area contributed by atoms with Gasteiger partial charge in [0.2, 0.25) is 10.0 Å². The molecule has 1 aromatic rings. The van der Waals surface area contributed by atoms with Gasteiger partial charge < -0.3 is 5.11 Å². The maximum atomic E-state index is 11.9. The Morgan fingerprint density at radius 2 is 1.88 bits per heavy atom. The van der Waals surface area contributed by atoms with Crippen LogP contribution in [-0.2, 0) is 10.0 Å². The van der Waals surface area contributed by atoms with Crippen LogP contribution in [0.4, 0.5) is 0 Å². The molecule has 0 aliphatic carbocycles. The summed E-state index contributed by atoms with van der Waals surface area (Å²) in [5.74, 6) is 0. The monoisotopic (exact) mass is 283 g/mol. The SMILES string of the molecule is C[C@H](CO)NS(=O)(=O)c1c(Cl)cccc1Cl. The Bertz CT molecular complexity index is 455. The zero-order valence-corrected chi connectivity index (χ0v) is 10.8. The van der Waals surface area contributed by atoms with E-state index in [4.69, 9.17) is 28.3 Å². The maximum absolute atomic E-state index is 11.9. The summed E-state index contributed by atoms with van der Waals surface area (Å²) >= 11 is 11.5. The van der Waals surface area contributed by atoms with Crippen LogP contribution in [0.3, 0.4) is 0 Å². The number of halogens is 2. The summed E-state index contributed by atoms with van der Waals surface area (Å²) in [6.07, 6.45) is 0. The predicted molar refractivity (Wildman–Crippen MR) is 63.3 cm³/mol. The highest BCUT2D eigenvalue weighted by Gasteiger charge is 2.22. The van der Waals surface area contributed by atoms with Crippen LogP contribution >= 0.6 is 23.2 Å². The van der Waals surface area contributed by atoms with E-state index in [2.05, 4.69) is 4.72 Å². The molecule has 0 spiro atoms. The van der Waals surface area contributed by atoms with E-state index in [1.807, 2.05) is 0 Å². The van der Waals surface area contributed by atoms with Gasteiger partial charge in [0.1, 0.15) is 4.90 Å². The van der Waals surface area contributed by atoms with Gasteiger partial charge in [0, 0.05) is 6.04 Å². The number of aliphatic hydroxyl groups is 1. The first kappa shape index (κ1) is 13.7. The van der Waals surface area contributed by atoms with Crippen LogP contribution in [0, 0.1) is 0 Å². The maximum Gasteiger partial charge on any atom is 0.243 e. The van der Waals surface area contributed by atoms with Gasteiger partial charge in [-0.15, -0.1) is 0 Å². The van der Waals surface area contributed by atoms with Gasteiger partial charge in [-0.1, -0.05) is 29.3 Å². The summed E-state index contributed by atoms with van der Waals surface area (Å²) in [7, 11) is -3.81. The van der Waals surface area contributed by atoms with Crippen molar-refractivity contribution in [1.82, 2.24) is 4.72 Å². The minimum Gasteiger partial charge on any atom is -0.395 e. The first-order chi connectivity index (χ1) is 7.38. The lowest BCUT2D eigenvalue weighted by Crippen LogP contribution is -2.35. The Hall–Kier alpha value is -0.330. The molecule has 0 saturated heterocycles. The van der Waals surface area contributed by atoms with Gasteiger partial charge in [0.25, 0.3) is 0 Å². The van der Waals surface area contributed by atoms with E-state index in [1.54, 1.807) is 6.07 Å². The van der Waals surface area contributed by atoms with Crippen molar-refractivity contribution in [3.8, 4) is 0 Å². The van der Waals surface area contributed by atoms with Crippen LogP contribution in [0.2, 0.25) is 10.0 Å². The Morgan fingerprint density at radius 3 is 2.31 bits per heavy atom. The number of rotatable bonds is 4. The third-order valence-electron chi connectivity index (χ3n) is 1.82. The summed E-state index contributed by atoms with van der Waals surface area (Å²) in [4.78, 5) is -0.168. The molecule has 0 unspecified atom stereocenters. The number of hydrogen-bond donors (Lipinski definition) is 2. The zero-order valence-electron chi connectivity index (χ0n) is 8.44. The average molecular weight is 284 g/mol. The summed E-state index contributed by atoms with van der Waals surface area (Å²) in [5.41, 5.74) is 0. The summed E-state index contributed by atoms with van der Waals surface area (Å²) in [6.45, 7) is 1.23. The molecule has 0 saturated carbocycles. The third-order valence-corrected chi connectivity index (χ3v) is 4.36. The van der Waals surface area contributed by atoms with E-state index >= 15 is 0 Å². The molecule has 16 heavy (non-hydrogen) atoms. The Kier molecular flexibility index (Phi) is 4.58. The van der Waals surface area contributed by atoms with Crippen LogP contribution in [0.25, 0.3) is 0 Å². The van der Waals surface area contributed by atoms with Crippen molar-refractivity contribution in [3.63, 3.8) is 0 Å². The van der Waals surface area contributed by atoms with Crippen molar-refractivity contribution in [2.24, 2.45) is 0 Å². The molecule has 0 amide bonds. The zero-order chi connectivity index (χ0) is 12.3. The van der Waals surface area contributed by atoms with Crippen LogP contribution in [-0.4, -0.2) is 26.2 Å². The van der Waals surface area contributed by atoms with Gasteiger partial charge in [-0.2, -0.15) is 0 Å². The van der Waals surface area contributed by atoms with Gasteiger partial charge in [0.15, 0.2) is 0 Å². The molecule has 2 N–H and O–H groups in total. The second-order valence-electron chi connectivity index (χ2n) is 3.26. The fourth-order valence-corrected chi connectivity index (χ4v) is 3.48. The number of hydrogen-bond acceptors (Lipinski definition) is 3. The summed E-state index contributed by atoms with van der Waals surface area (Å²) in [6, 6.07) is 3.83. The molecular formula is C9H11Cl2NO3S. The Labute approximate surface area is 104 Å². The van der Waals surface area contributed by atoms with Crippen molar-refractivity contribution in [3.05, 3.63) is 28.2 Å². The van der Waals surface area contributed by atoms with Gasteiger partial charge in [-0.05, 0) is 19.1 Å². The Morgan fingerprint density at radius 1 is 1.38 bits per heavy atom. The number of nitrogens with one attached hydrogen (secondary N) is 1. The number of aliphatic hydroxyl groups excluding tert-OH is 1. The smallest absolute Gasteiger partial charge is 0.243 e. The first-order valence-corrected chi connectivity index (χ1v) is 6.69. The van der Waals surface area contributed by atoms with Gasteiger partial charge in [0.05, 0.1) is 16.7 Å². The second-order valence-corrected chi connectivity index (χ2v) is 5.72. The minimum absolute atomic E-state index is 0.0464. The molecule has 4 nitrogen and oxygen atoms in total. The van der Waals surface area contributed by atoms with Crippen molar-refractivity contribution in [2.45, 2.75) is 17.9 Å². The van der Waals surface area contributed by atoms with Gasteiger partial charge in [-0.25, -0.2) is 13.1 Å². The minimum atomic E-state index is -3.81. The molecule has 0 fully saturated rings. The quantitative estimate of drug-likeness (QED) is 0.883. The van der Waals surface area contributed by atoms with E-state index in [1.165, 1.54) is 19.1 Å². The average Bonchev–Trinajstić information content (AvgIpc) is 2.16. The van der Waals surface area contributed by atoms with Crippen molar-refractivity contribution in [1.29, 1.82) is 0 Å². The van der Waals surface area contributed by atoms with Gasteiger partial charge in [-0.3, -0.25) is 0 Å². The largest absolute Gasteiger partial charge is 0.395 e. The molecule has 0 radical (unpaired) electrons.